The molecule has 0 aliphatic heterocycles. The molecule has 0 atom stereocenters. The average molecular weight is 301 g/mol. The van der Waals surface area contributed by atoms with E-state index in [2.05, 4.69) is 41.5 Å². The van der Waals surface area contributed by atoms with Crippen molar-refractivity contribution in [3.05, 3.63) is 0 Å². The second-order valence-electron chi connectivity index (χ2n) is 7.25. The number of rotatable bonds is 6. The highest BCUT2D eigenvalue weighted by Gasteiger charge is 2.47. The van der Waals surface area contributed by atoms with Crippen LogP contribution in [0, 0.1) is 5.92 Å². The van der Waals surface area contributed by atoms with Crippen molar-refractivity contribution in [2.75, 3.05) is 0 Å². The van der Waals surface area contributed by atoms with Gasteiger partial charge >= 0.3 is 5.97 Å². The number of carboxylic acids is 1. The summed E-state index contributed by atoms with van der Waals surface area (Å²) in [5.74, 6) is -0.786. The Balaban J connectivity index is 2.75. The molecule has 1 saturated carbocycles. The summed E-state index contributed by atoms with van der Waals surface area (Å²) in [5.41, 5.74) is 1.79. The summed E-state index contributed by atoms with van der Waals surface area (Å²) in [5, 5.41) is 9.09. The Morgan fingerprint density at radius 1 is 0.950 bits per heavy atom. The molecule has 0 unspecified atom stereocenters. The lowest BCUT2D eigenvalue weighted by molar-refractivity contribution is -0.143. The van der Waals surface area contributed by atoms with Crippen molar-refractivity contribution in [1.29, 1.82) is 0 Å². The minimum atomic E-state index is -1.81. The van der Waals surface area contributed by atoms with Gasteiger partial charge in [0.25, 0.3) is 0 Å². The highest BCUT2D eigenvalue weighted by Crippen LogP contribution is 2.44. The Morgan fingerprint density at radius 3 is 1.65 bits per heavy atom. The van der Waals surface area contributed by atoms with Gasteiger partial charge in [0, 0.05) is 6.10 Å². The van der Waals surface area contributed by atoms with Crippen LogP contribution in [0.1, 0.15) is 67.2 Å². The number of hydrogen-bond donors (Lipinski definition) is 1. The molecule has 3 nitrogen and oxygen atoms in total. The zero-order chi connectivity index (χ0) is 15.5. The quantitative estimate of drug-likeness (QED) is 0.715. The topological polar surface area (TPSA) is 46.5 Å². The Bertz CT molecular complexity index is 296. The van der Waals surface area contributed by atoms with Gasteiger partial charge in [-0.2, -0.15) is 0 Å². The van der Waals surface area contributed by atoms with E-state index in [4.69, 9.17) is 9.53 Å². The van der Waals surface area contributed by atoms with Crippen molar-refractivity contribution in [2.45, 2.75) is 90.0 Å². The van der Waals surface area contributed by atoms with Gasteiger partial charge in [-0.15, -0.1) is 0 Å². The fourth-order valence-electron chi connectivity index (χ4n) is 4.12. The summed E-state index contributed by atoms with van der Waals surface area (Å²) in [7, 11) is -1.81. The van der Waals surface area contributed by atoms with E-state index in [9.17, 15) is 4.79 Å². The van der Waals surface area contributed by atoms with Crippen LogP contribution in [0.5, 0.6) is 0 Å². The van der Waals surface area contributed by atoms with Gasteiger partial charge < -0.3 is 9.53 Å². The highest BCUT2D eigenvalue weighted by atomic mass is 28.4. The Hall–Kier alpha value is -0.353. The fraction of sp³-hybridized carbons (Fsp3) is 0.938. The third-order valence-corrected chi connectivity index (χ3v) is 11.3. The van der Waals surface area contributed by atoms with Crippen LogP contribution in [0.3, 0.4) is 0 Å². The van der Waals surface area contributed by atoms with Gasteiger partial charge in [-0.25, -0.2) is 0 Å². The molecule has 1 aliphatic rings. The highest BCUT2D eigenvalue weighted by molar-refractivity contribution is 6.77. The Kier molecular flexibility index (Phi) is 6.26. The van der Waals surface area contributed by atoms with E-state index in [0.717, 1.165) is 25.7 Å². The standard InChI is InChI=1S/C16H32O3Si/c1-11(2)20(12(3)4,13(5)6)19-15-9-7-14(8-10-15)16(17)18/h11-15H,7-10H2,1-6H3,(H,17,18). The molecule has 0 radical (unpaired) electrons. The van der Waals surface area contributed by atoms with Crippen LogP contribution in [-0.2, 0) is 9.22 Å². The zero-order valence-corrected chi connectivity index (χ0v) is 15.0. The van der Waals surface area contributed by atoms with Gasteiger partial charge in [0.05, 0.1) is 5.92 Å². The van der Waals surface area contributed by atoms with Crippen LogP contribution >= 0.6 is 0 Å². The molecule has 118 valence electrons. The largest absolute Gasteiger partial charge is 0.481 e. The smallest absolute Gasteiger partial charge is 0.306 e. The maximum Gasteiger partial charge on any atom is 0.306 e. The van der Waals surface area contributed by atoms with Gasteiger partial charge in [-0.05, 0) is 42.3 Å². The first kappa shape index (κ1) is 17.7. The van der Waals surface area contributed by atoms with Crippen molar-refractivity contribution in [2.24, 2.45) is 5.92 Å². The molecule has 0 aromatic carbocycles. The van der Waals surface area contributed by atoms with Crippen LogP contribution in [0.15, 0.2) is 0 Å². The van der Waals surface area contributed by atoms with Crippen LogP contribution in [0.4, 0.5) is 0 Å². The van der Waals surface area contributed by atoms with Crippen molar-refractivity contribution in [3.8, 4) is 0 Å². The molecule has 0 aromatic heterocycles. The Morgan fingerprint density at radius 2 is 1.35 bits per heavy atom. The van der Waals surface area contributed by atoms with E-state index >= 15 is 0 Å². The lowest BCUT2D eigenvalue weighted by Gasteiger charge is -2.45. The number of carbonyl (C=O) groups is 1. The first-order chi connectivity index (χ1) is 9.21. The summed E-state index contributed by atoms with van der Waals surface area (Å²) in [4.78, 5) is 11.0. The van der Waals surface area contributed by atoms with E-state index in [-0.39, 0.29) is 12.0 Å². The minimum absolute atomic E-state index is 0.150. The summed E-state index contributed by atoms with van der Waals surface area (Å²) in [6.07, 6.45) is 3.66. The predicted octanol–water partition coefficient (Wildman–Crippen LogP) is 4.82. The molecule has 4 heteroatoms. The van der Waals surface area contributed by atoms with Gasteiger partial charge in [-0.1, -0.05) is 41.5 Å². The molecule has 20 heavy (non-hydrogen) atoms. The van der Waals surface area contributed by atoms with Crippen molar-refractivity contribution in [3.63, 3.8) is 0 Å². The second kappa shape index (κ2) is 7.08. The summed E-state index contributed by atoms with van der Waals surface area (Å²) >= 11 is 0. The summed E-state index contributed by atoms with van der Waals surface area (Å²) in [6.45, 7) is 13.8. The molecular formula is C16H32O3Si. The molecule has 0 aromatic rings. The molecule has 0 bridgehead atoms. The molecule has 1 rings (SSSR count). The molecular weight excluding hydrogens is 268 g/mol. The van der Waals surface area contributed by atoms with Gasteiger partial charge in [0.2, 0.25) is 8.32 Å². The van der Waals surface area contributed by atoms with Crippen molar-refractivity contribution in [1.82, 2.24) is 0 Å². The van der Waals surface area contributed by atoms with E-state index in [1.807, 2.05) is 0 Å². The van der Waals surface area contributed by atoms with Gasteiger partial charge in [0.1, 0.15) is 0 Å². The van der Waals surface area contributed by atoms with Crippen LogP contribution in [-0.4, -0.2) is 25.5 Å². The van der Waals surface area contributed by atoms with E-state index < -0.39 is 14.3 Å². The van der Waals surface area contributed by atoms with Gasteiger partial charge in [-0.3, -0.25) is 4.79 Å². The van der Waals surface area contributed by atoms with Crippen LogP contribution in [0.25, 0.3) is 0 Å². The zero-order valence-electron chi connectivity index (χ0n) is 14.0. The molecule has 1 aliphatic carbocycles. The lowest BCUT2D eigenvalue weighted by Crippen LogP contribution is -2.50. The SMILES string of the molecule is CC(C)[Si](OC1CCC(C(=O)O)CC1)(C(C)C)C(C)C. The normalized spacial score (nSPS) is 24.6. The van der Waals surface area contributed by atoms with Crippen molar-refractivity contribution < 1.29 is 14.3 Å². The molecule has 0 spiro atoms. The Labute approximate surface area is 125 Å². The summed E-state index contributed by atoms with van der Waals surface area (Å²) in [6, 6.07) is 0. The maximum absolute atomic E-state index is 11.0. The first-order valence-electron chi connectivity index (χ1n) is 8.12. The van der Waals surface area contributed by atoms with Crippen molar-refractivity contribution >= 4 is 14.3 Å². The second-order valence-corrected chi connectivity index (χ2v) is 12.7. The minimum Gasteiger partial charge on any atom is -0.481 e. The average Bonchev–Trinajstić information content (AvgIpc) is 2.35. The molecule has 0 heterocycles. The molecule has 1 fully saturated rings. The number of aliphatic carboxylic acids is 1. The fourth-order valence-corrected chi connectivity index (χ4v) is 9.75. The molecule has 0 amide bonds. The molecule has 1 N–H and O–H groups in total. The van der Waals surface area contributed by atoms with Crippen LogP contribution in [0.2, 0.25) is 16.6 Å². The monoisotopic (exact) mass is 300 g/mol. The number of carboxylic acid groups (broad SMARTS) is 1. The third kappa shape index (κ3) is 3.64. The molecule has 0 saturated heterocycles. The predicted molar refractivity (Wildman–Crippen MR) is 85.5 cm³/mol. The van der Waals surface area contributed by atoms with Gasteiger partial charge in [0.15, 0.2) is 0 Å². The maximum atomic E-state index is 11.0. The van der Waals surface area contributed by atoms with Crippen LogP contribution < -0.4 is 0 Å². The third-order valence-electron chi connectivity index (χ3n) is 5.10. The number of hydrogen-bond acceptors (Lipinski definition) is 2. The van der Waals surface area contributed by atoms with E-state index in [1.54, 1.807) is 0 Å². The van der Waals surface area contributed by atoms with E-state index in [0.29, 0.717) is 16.6 Å². The summed E-state index contributed by atoms with van der Waals surface area (Å²) < 4.78 is 6.74. The first-order valence-corrected chi connectivity index (χ1v) is 10.3. The lowest BCUT2D eigenvalue weighted by atomic mass is 9.88. The van der Waals surface area contributed by atoms with E-state index in [1.165, 1.54) is 0 Å².